The van der Waals surface area contributed by atoms with E-state index in [-0.39, 0.29) is 6.10 Å². The molecular weight excluding hydrogens is 218 g/mol. The molecule has 1 rings (SSSR count). The van der Waals surface area contributed by atoms with Gasteiger partial charge >= 0.3 is 0 Å². The molecule has 3 heteroatoms. The van der Waals surface area contributed by atoms with Gasteiger partial charge in [-0.15, -0.1) is 0 Å². The molecule has 0 aliphatic carbocycles. The molecule has 0 radical (unpaired) electrons. The van der Waals surface area contributed by atoms with Gasteiger partial charge in [0.1, 0.15) is 10.7 Å². The standard InChI is InChI=1S/C13H19NOS/c1-8(2)10(4)15-12-7-9(3)5-6-11(12)13(14)16/h5-8,10H,1-4H3,(H2,14,16). The van der Waals surface area contributed by atoms with Crippen LogP contribution in [0.2, 0.25) is 0 Å². The molecule has 1 unspecified atom stereocenters. The van der Waals surface area contributed by atoms with E-state index >= 15 is 0 Å². The highest BCUT2D eigenvalue weighted by Crippen LogP contribution is 2.23. The summed E-state index contributed by atoms with van der Waals surface area (Å²) in [5.41, 5.74) is 7.63. The lowest BCUT2D eigenvalue weighted by molar-refractivity contribution is 0.170. The molecule has 1 aromatic rings. The van der Waals surface area contributed by atoms with E-state index in [1.54, 1.807) is 0 Å². The minimum atomic E-state index is 0.148. The first-order valence-electron chi connectivity index (χ1n) is 5.49. The number of ether oxygens (including phenoxy) is 1. The van der Waals surface area contributed by atoms with Gasteiger partial charge < -0.3 is 10.5 Å². The Labute approximate surface area is 103 Å². The topological polar surface area (TPSA) is 35.2 Å². The fraction of sp³-hybridized carbons (Fsp3) is 0.462. The Morgan fingerprint density at radius 2 is 1.94 bits per heavy atom. The summed E-state index contributed by atoms with van der Waals surface area (Å²) in [5.74, 6) is 1.24. The van der Waals surface area contributed by atoms with Gasteiger partial charge in [-0.05, 0) is 37.5 Å². The van der Waals surface area contributed by atoms with Crippen molar-refractivity contribution in [1.29, 1.82) is 0 Å². The van der Waals surface area contributed by atoms with E-state index < -0.39 is 0 Å². The van der Waals surface area contributed by atoms with E-state index in [4.69, 9.17) is 22.7 Å². The summed E-state index contributed by atoms with van der Waals surface area (Å²) in [5, 5.41) is 0. The van der Waals surface area contributed by atoms with Crippen molar-refractivity contribution >= 4 is 17.2 Å². The monoisotopic (exact) mass is 237 g/mol. The van der Waals surface area contributed by atoms with Crippen LogP contribution in [0.1, 0.15) is 31.9 Å². The van der Waals surface area contributed by atoms with Gasteiger partial charge in [0.25, 0.3) is 0 Å². The SMILES string of the molecule is Cc1ccc(C(N)=S)c(OC(C)C(C)C)c1. The minimum absolute atomic E-state index is 0.148. The lowest BCUT2D eigenvalue weighted by atomic mass is 10.1. The van der Waals surface area contributed by atoms with E-state index in [0.29, 0.717) is 10.9 Å². The number of thiocarbonyl (C=S) groups is 1. The maximum atomic E-state index is 5.88. The third-order valence-corrected chi connectivity index (χ3v) is 2.87. The number of aryl methyl sites for hydroxylation is 1. The van der Waals surface area contributed by atoms with E-state index in [1.807, 2.05) is 25.1 Å². The van der Waals surface area contributed by atoms with Crippen LogP contribution in [0.5, 0.6) is 5.75 Å². The van der Waals surface area contributed by atoms with Crippen LogP contribution in [0, 0.1) is 12.8 Å². The van der Waals surface area contributed by atoms with E-state index in [0.717, 1.165) is 16.9 Å². The van der Waals surface area contributed by atoms with Crippen molar-refractivity contribution in [2.75, 3.05) is 0 Å². The summed E-state index contributed by atoms with van der Waals surface area (Å²) in [6, 6.07) is 5.88. The summed E-state index contributed by atoms with van der Waals surface area (Å²) >= 11 is 5.01. The Hall–Kier alpha value is -1.09. The van der Waals surface area contributed by atoms with Crippen LogP contribution in [-0.2, 0) is 0 Å². The van der Waals surface area contributed by atoms with Gasteiger partial charge in [-0.1, -0.05) is 32.1 Å². The smallest absolute Gasteiger partial charge is 0.130 e. The third-order valence-electron chi connectivity index (χ3n) is 2.65. The lowest BCUT2D eigenvalue weighted by Crippen LogP contribution is -2.21. The second-order valence-corrected chi connectivity index (χ2v) is 4.87. The average Bonchev–Trinajstić information content (AvgIpc) is 2.16. The molecule has 0 saturated carbocycles. The van der Waals surface area contributed by atoms with Crippen molar-refractivity contribution in [3.8, 4) is 5.75 Å². The Balaban J connectivity index is 3.01. The molecule has 0 spiro atoms. The average molecular weight is 237 g/mol. The highest BCUT2D eigenvalue weighted by Gasteiger charge is 2.13. The summed E-state index contributed by atoms with van der Waals surface area (Å²) < 4.78 is 5.88. The quantitative estimate of drug-likeness (QED) is 0.817. The molecule has 16 heavy (non-hydrogen) atoms. The van der Waals surface area contributed by atoms with Gasteiger partial charge in [-0.25, -0.2) is 0 Å². The van der Waals surface area contributed by atoms with Gasteiger partial charge in [-0.2, -0.15) is 0 Å². The van der Waals surface area contributed by atoms with E-state index in [1.165, 1.54) is 0 Å². The highest BCUT2D eigenvalue weighted by atomic mass is 32.1. The molecule has 2 nitrogen and oxygen atoms in total. The Bertz CT molecular complexity index is 388. The van der Waals surface area contributed by atoms with Crippen LogP contribution in [0.4, 0.5) is 0 Å². The molecule has 0 saturated heterocycles. The van der Waals surface area contributed by atoms with Crippen molar-refractivity contribution < 1.29 is 4.74 Å². The molecule has 0 fully saturated rings. The van der Waals surface area contributed by atoms with Crippen molar-refractivity contribution in [3.63, 3.8) is 0 Å². The zero-order valence-electron chi connectivity index (χ0n) is 10.3. The largest absolute Gasteiger partial charge is 0.490 e. The van der Waals surface area contributed by atoms with Crippen LogP contribution in [0.25, 0.3) is 0 Å². The van der Waals surface area contributed by atoms with Crippen LogP contribution >= 0.6 is 12.2 Å². The Morgan fingerprint density at radius 1 is 1.31 bits per heavy atom. The first-order valence-corrected chi connectivity index (χ1v) is 5.89. The molecule has 88 valence electrons. The molecule has 0 bridgehead atoms. The second kappa shape index (κ2) is 5.30. The number of hydrogen-bond acceptors (Lipinski definition) is 2. The molecule has 0 amide bonds. The fourth-order valence-electron chi connectivity index (χ4n) is 1.27. The molecule has 0 aliphatic rings. The zero-order valence-corrected chi connectivity index (χ0v) is 11.1. The minimum Gasteiger partial charge on any atom is -0.490 e. The second-order valence-electron chi connectivity index (χ2n) is 4.43. The van der Waals surface area contributed by atoms with Crippen molar-refractivity contribution in [2.24, 2.45) is 11.7 Å². The number of hydrogen-bond donors (Lipinski definition) is 1. The zero-order chi connectivity index (χ0) is 12.3. The van der Waals surface area contributed by atoms with Crippen molar-refractivity contribution in [1.82, 2.24) is 0 Å². The molecule has 1 atom stereocenters. The van der Waals surface area contributed by atoms with Crippen LogP contribution in [0.15, 0.2) is 18.2 Å². The summed E-state index contributed by atoms with van der Waals surface area (Å²) in [6.07, 6.45) is 0.148. The third kappa shape index (κ3) is 3.20. The van der Waals surface area contributed by atoms with Crippen LogP contribution in [0.3, 0.4) is 0 Å². The number of nitrogens with two attached hydrogens (primary N) is 1. The summed E-state index contributed by atoms with van der Waals surface area (Å²) in [4.78, 5) is 0.381. The highest BCUT2D eigenvalue weighted by molar-refractivity contribution is 7.80. The lowest BCUT2D eigenvalue weighted by Gasteiger charge is -2.20. The maximum Gasteiger partial charge on any atom is 0.130 e. The van der Waals surface area contributed by atoms with Gasteiger partial charge in [0, 0.05) is 0 Å². The van der Waals surface area contributed by atoms with Crippen LogP contribution < -0.4 is 10.5 Å². The van der Waals surface area contributed by atoms with Crippen molar-refractivity contribution in [2.45, 2.75) is 33.8 Å². The Kier molecular flexibility index (Phi) is 4.30. The van der Waals surface area contributed by atoms with Crippen molar-refractivity contribution in [3.05, 3.63) is 29.3 Å². The van der Waals surface area contributed by atoms with Crippen LogP contribution in [-0.4, -0.2) is 11.1 Å². The molecule has 0 heterocycles. The van der Waals surface area contributed by atoms with Gasteiger partial charge in [0.05, 0.1) is 11.7 Å². The van der Waals surface area contributed by atoms with E-state index in [9.17, 15) is 0 Å². The first kappa shape index (κ1) is 13.0. The number of benzene rings is 1. The molecular formula is C13H19NOS. The predicted octanol–water partition coefficient (Wildman–Crippen LogP) is 3.05. The normalized spacial score (nSPS) is 12.6. The molecule has 0 aliphatic heterocycles. The van der Waals surface area contributed by atoms with Gasteiger partial charge in [0.15, 0.2) is 0 Å². The fourth-order valence-corrected chi connectivity index (χ4v) is 1.44. The number of rotatable bonds is 4. The first-order chi connectivity index (χ1) is 7.41. The van der Waals surface area contributed by atoms with E-state index in [2.05, 4.69) is 20.8 Å². The summed E-state index contributed by atoms with van der Waals surface area (Å²) in [6.45, 7) is 8.33. The molecule has 0 aromatic heterocycles. The molecule has 2 N–H and O–H groups in total. The Morgan fingerprint density at radius 3 is 2.44 bits per heavy atom. The maximum absolute atomic E-state index is 5.88. The van der Waals surface area contributed by atoms with Gasteiger partial charge in [-0.3, -0.25) is 0 Å². The molecule has 1 aromatic carbocycles. The predicted molar refractivity (Wildman–Crippen MR) is 72.0 cm³/mol. The van der Waals surface area contributed by atoms with Gasteiger partial charge in [0.2, 0.25) is 0 Å². The summed E-state index contributed by atoms with van der Waals surface area (Å²) in [7, 11) is 0.